The molecule has 1 aliphatic rings. The number of urea groups is 1. The Hall–Kier alpha value is -2.76. The maximum atomic E-state index is 13.1. The smallest absolute Gasteiger partial charge is 0.314 e. The van der Waals surface area contributed by atoms with Crippen molar-refractivity contribution in [1.82, 2.24) is 14.4 Å². The van der Waals surface area contributed by atoms with Crippen molar-refractivity contribution in [2.45, 2.75) is 27.2 Å². The Morgan fingerprint density at radius 1 is 0.962 bits per heavy atom. The van der Waals surface area contributed by atoms with Crippen molar-refractivity contribution in [1.29, 1.82) is 0 Å². The van der Waals surface area contributed by atoms with Crippen LogP contribution >= 0.6 is 0 Å². The number of carbonyl (C=O) groups is 2. The monoisotopic (exact) mass is 354 g/mol. The summed E-state index contributed by atoms with van der Waals surface area (Å²) in [6.07, 6.45) is 0.741. The average molecular weight is 354 g/mol. The second kappa shape index (κ2) is 7.23. The average Bonchev–Trinajstić information content (AvgIpc) is 2.77. The van der Waals surface area contributed by atoms with Gasteiger partial charge in [0.25, 0.3) is 5.91 Å². The highest BCUT2D eigenvalue weighted by atomic mass is 16.2. The third kappa shape index (κ3) is 3.45. The lowest BCUT2D eigenvalue weighted by Gasteiger charge is -2.21. The quantitative estimate of drug-likeness (QED) is 0.900. The van der Waals surface area contributed by atoms with Gasteiger partial charge in [0.2, 0.25) is 0 Å². The number of aromatic nitrogens is 1. The summed E-state index contributed by atoms with van der Waals surface area (Å²) in [7, 11) is 0. The summed E-state index contributed by atoms with van der Waals surface area (Å²) in [5.74, 6) is 0.0170. The Morgan fingerprint density at radius 2 is 1.65 bits per heavy atom. The fourth-order valence-corrected chi connectivity index (χ4v) is 3.65. The molecule has 0 aliphatic carbocycles. The van der Waals surface area contributed by atoms with Crippen molar-refractivity contribution in [3.8, 4) is 5.69 Å². The van der Waals surface area contributed by atoms with Gasteiger partial charge in [0.05, 0.1) is 5.56 Å². The van der Waals surface area contributed by atoms with Gasteiger partial charge < -0.3 is 20.1 Å². The van der Waals surface area contributed by atoms with Crippen LogP contribution in [0, 0.1) is 20.8 Å². The maximum Gasteiger partial charge on any atom is 0.314 e. The van der Waals surface area contributed by atoms with Crippen LogP contribution in [0.3, 0.4) is 0 Å². The minimum atomic E-state index is -0.420. The van der Waals surface area contributed by atoms with Crippen LogP contribution in [0.25, 0.3) is 5.69 Å². The number of nitrogens with zero attached hydrogens (tertiary/aromatic N) is 3. The number of primary amides is 1. The molecule has 26 heavy (non-hydrogen) atoms. The first kappa shape index (κ1) is 18.0. The Balaban J connectivity index is 1.87. The number of benzene rings is 1. The molecule has 138 valence electrons. The zero-order valence-electron chi connectivity index (χ0n) is 15.7. The second-order valence-corrected chi connectivity index (χ2v) is 6.93. The van der Waals surface area contributed by atoms with Gasteiger partial charge in [-0.25, -0.2) is 4.79 Å². The molecule has 0 atom stereocenters. The van der Waals surface area contributed by atoms with Gasteiger partial charge in [-0.2, -0.15) is 0 Å². The third-order valence-corrected chi connectivity index (χ3v) is 5.02. The molecule has 1 aromatic heterocycles. The van der Waals surface area contributed by atoms with Crippen LogP contribution in [0.5, 0.6) is 0 Å². The topological polar surface area (TPSA) is 71.6 Å². The molecule has 3 rings (SSSR count). The molecule has 6 nitrogen and oxygen atoms in total. The molecule has 0 bridgehead atoms. The van der Waals surface area contributed by atoms with E-state index in [1.165, 1.54) is 5.56 Å². The normalized spacial score (nSPS) is 15.0. The van der Waals surface area contributed by atoms with Crippen molar-refractivity contribution in [2.75, 3.05) is 26.2 Å². The van der Waals surface area contributed by atoms with Crippen LogP contribution < -0.4 is 5.73 Å². The number of rotatable bonds is 2. The van der Waals surface area contributed by atoms with Gasteiger partial charge in [-0.1, -0.05) is 12.1 Å². The summed E-state index contributed by atoms with van der Waals surface area (Å²) in [5.41, 5.74) is 10.3. The predicted octanol–water partition coefficient (Wildman–Crippen LogP) is 2.63. The van der Waals surface area contributed by atoms with Gasteiger partial charge in [-0.3, -0.25) is 4.79 Å². The van der Waals surface area contributed by atoms with Gasteiger partial charge in [-0.05, 0) is 51.0 Å². The molecule has 0 saturated carbocycles. The summed E-state index contributed by atoms with van der Waals surface area (Å²) in [5, 5.41) is 0. The highest BCUT2D eigenvalue weighted by Crippen LogP contribution is 2.23. The van der Waals surface area contributed by atoms with Crippen LogP contribution in [0.2, 0.25) is 0 Å². The molecule has 6 heteroatoms. The Bertz CT molecular complexity index is 840. The first-order valence-corrected chi connectivity index (χ1v) is 8.98. The zero-order chi connectivity index (χ0) is 18.8. The third-order valence-electron chi connectivity index (χ3n) is 5.02. The molecule has 2 aromatic rings. The van der Waals surface area contributed by atoms with Gasteiger partial charge in [0.15, 0.2) is 0 Å². The highest BCUT2D eigenvalue weighted by molar-refractivity contribution is 5.96. The number of nitrogens with two attached hydrogens (primary N) is 1. The van der Waals surface area contributed by atoms with Crippen LogP contribution in [0.15, 0.2) is 30.3 Å². The molecular weight excluding hydrogens is 328 g/mol. The molecule has 2 heterocycles. The molecule has 0 radical (unpaired) electrons. The van der Waals surface area contributed by atoms with E-state index in [1.54, 1.807) is 4.90 Å². The molecule has 2 N–H and O–H groups in total. The first-order chi connectivity index (χ1) is 12.4. The van der Waals surface area contributed by atoms with Crippen LogP contribution in [-0.4, -0.2) is 52.5 Å². The number of carbonyl (C=O) groups excluding carboxylic acids is 2. The minimum Gasteiger partial charge on any atom is -0.351 e. The molecular formula is C20H26N4O2. The molecule has 1 aliphatic heterocycles. The largest absolute Gasteiger partial charge is 0.351 e. The van der Waals surface area contributed by atoms with Crippen molar-refractivity contribution in [2.24, 2.45) is 5.73 Å². The Labute approximate surface area is 154 Å². The van der Waals surface area contributed by atoms with E-state index in [1.807, 2.05) is 30.9 Å². The summed E-state index contributed by atoms with van der Waals surface area (Å²) < 4.78 is 2.12. The van der Waals surface area contributed by atoms with Gasteiger partial charge in [-0.15, -0.1) is 0 Å². The SMILES string of the molecule is Cc1cccc(-n2c(C)cc(C(=O)N3CCCN(C(N)=O)CC3)c2C)c1. The molecule has 0 spiro atoms. The molecule has 1 saturated heterocycles. The minimum absolute atomic E-state index is 0.0170. The summed E-state index contributed by atoms with van der Waals surface area (Å²) in [6, 6.07) is 9.79. The van der Waals surface area contributed by atoms with E-state index < -0.39 is 6.03 Å². The van der Waals surface area contributed by atoms with E-state index in [4.69, 9.17) is 5.73 Å². The van der Waals surface area contributed by atoms with Gasteiger partial charge in [0, 0.05) is 43.3 Å². The standard InChI is InChI=1S/C20H26N4O2/c1-14-6-4-7-17(12-14)24-15(2)13-18(16(24)3)19(25)22-8-5-9-23(11-10-22)20(21)26/h4,6-7,12-13H,5,8-11H2,1-3H3,(H2,21,26). The fraction of sp³-hybridized carbons (Fsp3) is 0.400. The predicted molar refractivity (Wildman–Crippen MR) is 102 cm³/mol. The number of hydrogen-bond acceptors (Lipinski definition) is 2. The van der Waals surface area contributed by atoms with E-state index >= 15 is 0 Å². The van der Waals surface area contributed by atoms with Crippen LogP contribution in [0.1, 0.15) is 33.7 Å². The fourth-order valence-electron chi connectivity index (χ4n) is 3.65. The Kier molecular flexibility index (Phi) is 5.02. The number of aryl methyl sites for hydroxylation is 2. The summed E-state index contributed by atoms with van der Waals surface area (Å²) in [4.78, 5) is 27.9. The molecule has 1 aromatic carbocycles. The number of amides is 3. The van der Waals surface area contributed by atoms with Crippen molar-refractivity contribution in [3.63, 3.8) is 0 Å². The first-order valence-electron chi connectivity index (χ1n) is 8.98. The zero-order valence-corrected chi connectivity index (χ0v) is 15.7. The van der Waals surface area contributed by atoms with Crippen LogP contribution in [0.4, 0.5) is 4.79 Å². The van der Waals surface area contributed by atoms with E-state index in [-0.39, 0.29) is 5.91 Å². The summed E-state index contributed by atoms with van der Waals surface area (Å²) in [6.45, 7) is 8.29. The highest BCUT2D eigenvalue weighted by Gasteiger charge is 2.25. The second-order valence-electron chi connectivity index (χ2n) is 6.93. The van der Waals surface area contributed by atoms with Crippen LogP contribution in [-0.2, 0) is 0 Å². The number of hydrogen-bond donors (Lipinski definition) is 1. The van der Waals surface area contributed by atoms with E-state index in [0.29, 0.717) is 26.2 Å². The van der Waals surface area contributed by atoms with E-state index in [2.05, 4.69) is 29.7 Å². The van der Waals surface area contributed by atoms with E-state index in [9.17, 15) is 9.59 Å². The molecule has 3 amide bonds. The van der Waals surface area contributed by atoms with Gasteiger partial charge in [0.1, 0.15) is 0 Å². The van der Waals surface area contributed by atoms with E-state index in [0.717, 1.165) is 29.1 Å². The lowest BCUT2D eigenvalue weighted by atomic mass is 10.2. The maximum absolute atomic E-state index is 13.1. The van der Waals surface area contributed by atoms with Crippen molar-refractivity contribution < 1.29 is 9.59 Å². The molecule has 1 fully saturated rings. The lowest BCUT2D eigenvalue weighted by molar-refractivity contribution is 0.0762. The van der Waals surface area contributed by atoms with Crippen molar-refractivity contribution >= 4 is 11.9 Å². The molecule has 0 unspecified atom stereocenters. The van der Waals surface area contributed by atoms with Gasteiger partial charge >= 0.3 is 6.03 Å². The van der Waals surface area contributed by atoms with Crippen molar-refractivity contribution in [3.05, 3.63) is 52.8 Å². The Morgan fingerprint density at radius 3 is 2.35 bits per heavy atom. The summed E-state index contributed by atoms with van der Waals surface area (Å²) >= 11 is 0. The lowest BCUT2D eigenvalue weighted by Crippen LogP contribution is -2.39.